The second-order valence-electron chi connectivity index (χ2n) is 6.83. The summed E-state index contributed by atoms with van der Waals surface area (Å²) in [7, 11) is -3.33. The van der Waals surface area contributed by atoms with E-state index in [9.17, 15) is 27.9 Å². The lowest BCUT2D eigenvalue weighted by molar-refractivity contribution is 0.0696. The molecule has 0 saturated carbocycles. The van der Waals surface area contributed by atoms with Crippen molar-refractivity contribution in [3.05, 3.63) is 75.2 Å². The largest absolute Gasteiger partial charge is 0.478 e. The van der Waals surface area contributed by atoms with Crippen LogP contribution in [0.2, 0.25) is 5.02 Å². The van der Waals surface area contributed by atoms with Crippen molar-refractivity contribution in [2.24, 2.45) is 7.05 Å². The van der Waals surface area contributed by atoms with E-state index in [0.29, 0.717) is 5.69 Å². The van der Waals surface area contributed by atoms with Gasteiger partial charge in [-0.05, 0) is 44.2 Å². The van der Waals surface area contributed by atoms with E-state index >= 15 is 0 Å². The molecule has 0 aliphatic heterocycles. The van der Waals surface area contributed by atoms with Gasteiger partial charge in [-0.25, -0.2) is 22.7 Å². The highest BCUT2D eigenvalue weighted by molar-refractivity contribution is 7.93. The molecule has 174 valence electrons. The summed E-state index contributed by atoms with van der Waals surface area (Å²) in [6.45, 7) is 2.76. The Morgan fingerprint density at radius 1 is 1.15 bits per heavy atom. The molecule has 0 spiro atoms. The lowest BCUT2D eigenvalue weighted by atomic mass is 10.2. The number of nitrogens with zero attached hydrogens (tertiary/aromatic N) is 3. The number of aromatic carboxylic acids is 1. The van der Waals surface area contributed by atoms with E-state index in [2.05, 4.69) is 0 Å². The first-order chi connectivity index (χ1) is 15.5. The van der Waals surface area contributed by atoms with Gasteiger partial charge in [-0.15, -0.1) is 0 Å². The van der Waals surface area contributed by atoms with E-state index in [1.807, 2.05) is 0 Å². The summed E-state index contributed by atoms with van der Waals surface area (Å²) in [5.41, 5.74) is -1.06. The summed E-state index contributed by atoms with van der Waals surface area (Å²) >= 11 is 6.07. The van der Waals surface area contributed by atoms with Gasteiger partial charge in [-0.1, -0.05) is 29.8 Å². The maximum Gasteiger partial charge on any atom is 0.428 e. The molecule has 1 amide bonds. The molecular formula is C21H20ClN3O7S. The van der Waals surface area contributed by atoms with Gasteiger partial charge in [0.15, 0.2) is 5.69 Å². The van der Waals surface area contributed by atoms with Gasteiger partial charge in [0.1, 0.15) is 4.90 Å². The lowest BCUT2D eigenvalue weighted by Crippen LogP contribution is -2.41. The van der Waals surface area contributed by atoms with Crippen molar-refractivity contribution in [3.63, 3.8) is 0 Å². The van der Waals surface area contributed by atoms with Crippen LogP contribution in [-0.4, -0.2) is 41.6 Å². The molecule has 0 aliphatic carbocycles. The number of carbonyl (C=O) groups is 2. The smallest absolute Gasteiger partial charge is 0.428 e. The highest BCUT2D eigenvalue weighted by atomic mass is 35.5. The summed E-state index contributed by atoms with van der Waals surface area (Å²) in [6.07, 6.45) is -1.33. The Kier molecular flexibility index (Phi) is 6.65. The number of anilines is 1. The topological polar surface area (TPSA) is 128 Å². The minimum Gasteiger partial charge on any atom is -0.478 e. The Bertz CT molecular complexity index is 1400. The number of carbonyl (C=O) groups excluding carboxylic acids is 1. The van der Waals surface area contributed by atoms with Crippen LogP contribution in [0.3, 0.4) is 0 Å². The second-order valence-corrected chi connectivity index (χ2v) is 8.99. The molecule has 2 aromatic carbocycles. The van der Waals surface area contributed by atoms with Gasteiger partial charge in [-0.2, -0.15) is 4.31 Å². The molecule has 3 aromatic rings. The zero-order valence-corrected chi connectivity index (χ0v) is 19.4. The van der Waals surface area contributed by atoms with Crippen molar-refractivity contribution < 1.29 is 27.9 Å². The highest BCUT2D eigenvalue weighted by Gasteiger charge is 2.39. The van der Waals surface area contributed by atoms with Gasteiger partial charge in [0, 0.05) is 7.05 Å². The fraction of sp³-hybridized carbons (Fsp3) is 0.190. The van der Waals surface area contributed by atoms with E-state index in [1.54, 1.807) is 30.3 Å². The Morgan fingerprint density at radius 2 is 1.79 bits per heavy atom. The maximum atomic E-state index is 13.6. The van der Waals surface area contributed by atoms with Gasteiger partial charge >= 0.3 is 12.1 Å². The number of rotatable bonds is 6. The molecule has 1 aromatic heterocycles. The summed E-state index contributed by atoms with van der Waals surface area (Å²) in [5.74, 6) is -1.40. The third-order valence-corrected chi connectivity index (χ3v) is 7.00. The molecule has 0 bridgehead atoms. The zero-order chi connectivity index (χ0) is 24.5. The number of aromatic nitrogens is 2. The molecule has 0 atom stereocenters. The average Bonchev–Trinajstić information content (AvgIpc) is 2.98. The van der Waals surface area contributed by atoms with E-state index in [-0.39, 0.29) is 27.2 Å². The normalized spacial score (nSPS) is 11.3. The number of hydrogen-bond acceptors (Lipinski definition) is 6. The van der Waals surface area contributed by atoms with Crippen molar-refractivity contribution in [3.8, 4) is 5.69 Å². The Balaban J connectivity index is 2.33. The lowest BCUT2D eigenvalue weighted by Gasteiger charge is -2.21. The predicted molar refractivity (Wildman–Crippen MR) is 121 cm³/mol. The Hall–Kier alpha value is -3.57. The average molecular weight is 494 g/mol. The Morgan fingerprint density at radius 3 is 2.36 bits per heavy atom. The molecule has 0 fully saturated rings. The zero-order valence-electron chi connectivity index (χ0n) is 17.9. The molecular weight excluding hydrogens is 474 g/mol. The molecule has 12 heteroatoms. The number of ether oxygens (including phenoxy) is 1. The molecule has 0 unspecified atom stereocenters. The predicted octanol–water partition coefficient (Wildman–Crippen LogP) is 3.19. The number of carboxylic acids is 1. The number of carboxylic acid groups (broad SMARTS) is 1. The van der Waals surface area contributed by atoms with Crippen LogP contribution in [0.4, 0.5) is 10.5 Å². The molecule has 1 N–H and O–H groups in total. The quantitative estimate of drug-likeness (QED) is 0.558. The van der Waals surface area contributed by atoms with Crippen LogP contribution in [0, 0.1) is 6.92 Å². The molecule has 0 saturated heterocycles. The number of sulfonamides is 1. The van der Waals surface area contributed by atoms with Crippen molar-refractivity contribution in [1.29, 1.82) is 0 Å². The monoisotopic (exact) mass is 493 g/mol. The van der Waals surface area contributed by atoms with Crippen molar-refractivity contribution in [2.45, 2.75) is 18.7 Å². The van der Waals surface area contributed by atoms with Gasteiger partial charge in [-0.3, -0.25) is 9.48 Å². The van der Waals surface area contributed by atoms with Gasteiger partial charge in [0.2, 0.25) is 0 Å². The summed E-state index contributed by atoms with van der Waals surface area (Å²) in [4.78, 5) is 37.0. The van der Waals surface area contributed by atoms with E-state index < -0.39 is 38.2 Å². The second kappa shape index (κ2) is 9.12. The first-order valence-electron chi connectivity index (χ1n) is 9.61. The third-order valence-electron chi connectivity index (χ3n) is 4.86. The number of benzene rings is 2. The summed E-state index contributed by atoms with van der Waals surface area (Å²) < 4.78 is 34.9. The molecule has 10 nitrogen and oxygen atoms in total. The van der Waals surface area contributed by atoms with Gasteiger partial charge in [0.05, 0.1) is 28.6 Å². The standard InChI is InChI=1S/C21H20ClN3O7S/c1-4-32-21(29)25(33(30,31)17-12-14(20(27)28)10-11-16(17)22)18-13(2)23(3)24(19(18)26)15-8-6-5-7-9-15/h5-12H,4H2,1-3H3,(H,27,28). The van der Waals surface area contributed by atoms with Crippen LogP contribution in [0.5, 0.6) is 0 Å². The van der Waals surface area contributed by atoms with Gasteiger partial charge in [0.25, 0.3) is 15.6 Å². The van der Waals surface area contributed by atoms with E-state index in [1.165, 1.54) is 30.3 Å². The molecule has 1 heterocycles. The molecule has 3 rings (SSSR count). The number of para-hydroxylation sites is 1. The van der Waals surface area contributed by atoms with Crippen molar-refractivity contribution in [1.82, 2.24) is 9.36 Å². The molecule has 0 aliphatic rings. The van der Waals surface area contributed by atoms with Gasteiger partial charge < -0.3 is 9.84 Å². The Labute approximate surface area is 194 Å². The third kappa shape index (κ3) is 4.24. The van der Waals surface area contributed by atoms with Crippen LogP contribution in [0.25, 0.3) is 5.69 Å². The summed E-state index contributed by atoms with van der Waals surface area (Å²) in [6, 6.07) is 11.4. The number of hydrogen-bond donors (Lipinski definition) is 1. The SMILES string of the molecule is CCOC(=O)N(c1c(C)n(C)n(-c2ccccc2)c1=O)S(=O)(=O)c1cc(C(=O)O)ccc1Cl. The van der Waals surface area contributed by atoms with Crippen LogP contribution in [0.15, 0.2) is 58.2 Å². The van der Waals surface area contributed by atoms with Crippen molar-refractivity contribution >= 4 is 39.4 Å². The minimum absolute atomic E-state index is 0.144. The van der Waals surface area contributed by atoms with Crippen molar-refractivity contribution in [2.75, 3.05) is 10.9 Å². The fourth-order valence-corrected chi connectivity index (χ4v) is 5.11. The first kappa shape index (κ1) is 24.1. The van der Waals surface area contributed by atoms with Crippen LogP contribution >= 0.6 is 11.6 Å². The fourth-order valence-electron chi connectivity index (χ4n) is 3.21. The number of halogens is 1. The van der Waals surface area contributed by atoms with E-state index in [4.69, 9.17) is 16.3 Å². The van der Waals surface area contributed by atoms with E-state index in [0.717, 1.165) is 18.2 Å². The molecule has 33 heavy (non-hydrogen) atoms. The molecule has 0 radical (unpaired) electrons. The van der Waals surface area contributed by atoms with Crippen LogP contribution < -0.4 is 9.86 Å². The van der Waals surface area contributed by atoms with Crippen LogP contribution in [-0.2, 0) is 21.8 Å². The van der Waals surface area contributed by atoms with Crippen LogP contribution in [0.1, 0.15) is 23.0 Å². The summed E-state index contributed by atoms with van der Waals surface area (Å²) in [5, 5.41) is 8.94. The minimum atomic E-state index is -4.86. The maximum absolute atomic E-state index is 13.6. The first-order valence-corrected chi connectivity index (χ1v) is 11.4. The number of amides is 1. The highest BCUT2D eigenvalue weighted by Crippen LogP contribution is 2.31.